The second-order valence-electron chi connectivity index (χ2n) is 5.30. The van der Waals surface area contributed by atoms with Gasteiger partial charge in [0, 0.05) is 19.6 Å². The van der Waals surface area contributed by atoms with Gasteiger partial charge in [0.05, 0.1) is 18.1 Å². The quantitative estimate of drug-likeness (QED) is 0.779. The average molecular weight is 286 g/mol. The van der Waals surface area contributed by atoms with E-state index in [2.05, 4.69) is 5.32 Å². The van der Waals surface area contributed by atoms with Crippen LogP contribution in [0.2, 0.25) is 0 Å². The molecule has 0 aliphatic carbocycles. The highest BCUT2D eigenvalue weighted by atomic mass is 16.5. The van der Waals surface area contributed by atoms with E-state index in [9.17, 15) is 14.7 Å². The van der Waals surface area contributed by atoms with E-state index in [1.54, 1.807) is 4.90 Å². The lowest BCUT2D eigenvalue weighted by atomic mass is 9.82. The third-order valence-corrected chi connectivity index (χ3v) is 4.27. The highest BCUT2D eigenvalue weighted by molar-refractivity contribution is 5.78. The Kier molecular flexibility index (Phi) is 6.26. The van der Waals surface area contributed by atoms with Crippen molar-refractivity contribution in [3.63, 3.8) is 0 Å². The van der Waals surface area contributed by atoms with Gasteiger partial charge in [-0.25, -0.2) is 4.79 Å². The number of amides is 2. The first-order valence-corrected chi connectivity index (χ1v) is 7.36. The number of urea groups is 1. The summed E-state index contributed by atoms with van der Waals surface area (Å²) in [5.41, 5.74) is -0.869. The molecule has 2 N–H and O–H groups in total. The molecule has 6 nitrogen and oxygen atoms in total. The van der Waals surface area contributed by atoms with Crippen LogP contribution in [0.3, 0.4) is 0 Å². The van der Waals surface area contributed by atoms with Crippen LogP contribution in [0.4, 0.5) is 4.79 Å². The molecule has 0 aromatic heterocycles. The van der Waals surface area contributed by atoms with Crippen LogP contribution in [-0.2, 0) is 9.53 Å². The number of morpholine rings is 1. The van der Waals surface area contributed by atoms with Crippen LogP contribution in [0.1, 0.15) is 40.0 Å². The van der Waals surface area contributed by atoms with E-state index in [1.165, 1.54) is 0 Å². The van der Waals surface area contributed by atoms with Crippen LogP contribution in [0, 0.1) is 5.41 Å². The van der Waals surface area contributed by atoms with E-state index in [1.807, 2.05) is 20.8 Å². The Labute approximate surface area is 120 Å². The topological polar surface area (TPSA) is 78.9 Å². The number of carboxylic acid groups (broad SMARTS) is 1. The maximum absolute atomic E-state index is 12.1. The molecule has 6 heteroatoms. The highest BCUT2D eigenvalue weighted by Gasteiger charge is 2.35. The summed E-state index contributed by atoms with van der Waals surface area (Å²) < 4.78 is 5.52. The molecular weight excluding hydrogens is 260 g/mol. The van der Waals surface area contributed by atoms with Gasteiger partial charge in [0.2, 0.25) is 0 Å². The number of hydrogen-bond acceptors (Lipinski definition) is 3. The zero-order valence-electron chi connectivity index (χ0n) is 12.6. The maximum atomic E-state index is 12.1. The summed E-state index contributed by atoms with van der Waals surface area (Å²) in [6.07, 6.45) is 1.95. The molecule has 0 spiro atoms. The Morgan fingerprint density at radius 2 is 2.00 bits per heavy atom. The Morgan fingerprint density at radius 1 is 1.35 bits per heavy atom. The lowest BCUT2D eigenvalue weighted by molar-refractivity contribution is -0.149. The van der Waals surface area contributed by atoms with Crippen molar-refractivity contribution in [3.05, 3.63) is 0 Å². The number of aliphatic carboxylic acids is 1. The minimum Gasteiger partial charge on any atom is -0.481 e. The summed E-state index contributed by atoms with van der Waals surface area (Å²) in [4.78, 5) is 25.2. The first kappa shape index (κ1) is 16.8. The lowest BCUT2D eigenvalue weighted by Crippen LogP contribution is -2.52. The zero-order chi connectivity index (χ0) is 15.2. The molecule has 0 saturated carbocycles. The molecule has 1 unspecified atom stereocenters. The van der Waals surface area contributed by atoms with Crippen molar-refractivity contribution in [2.24, 2.45) is 5.41 Å². The second-order valence-corrected chi connectivity index (χ2v) is 5.30. The average Bonchev–Trinajstić information content (AvgIpc) is 2.48. The second kappa shape index (κ2) is 7.47. The van der Waals surface area contributed by atoms with Gasteiger partial charge < -0.3 is 20.1 Å². The number of ether oxygens (including phenoxy) is 1. The summed E-state index contributed by atoms with van der Waals surface area (Å²) in [6.45, 7) is 7.54. The molecule has 1 saturated heterocycles. The fourth-order valence-corrected chi connectivity index (χ4v) is 2.39. The standard InChI is InChI=1S/C14H26N2O4/c1-4-11-9-16(7-8-20-11)13(19)15-10-14(5-2,6-3)12(17)18/h11H,4-10H2,1-3H3,(H,15,19)(H,17,18). The van der Waals surface area contributed by atoms with E-state index in [0.717, 1.165) is 6.42 Å². The number of carboxylic acids is 1. The van der Waals surface area contributed by atoms with Gasteiger partial charge in [-0.2, -0.15) is 0 Å². The van der Waals surface area contributed by atoms with Crippen LogP contribution in [0.25, 0.3) is 0 Å². The summed E-state index contributed by atoms with van der Waals surface area (Å²) in [7, 11) is 0. The zero-order valence-corrected chi connectivity index (χ0v) is 12.6. The number of carbonyl (C=O) groups is 2. The number of rotatable bonds is 6. The van der Waals surface area contributed by atoms with E-state index < -0.39 is 11.4 Å². The Balaban J connectivity index is 2.55. The highest BCUT2D eigenvalue weighted by Crippen LogP contribution is 2.25. The van der Waals surface area contributed by atoms with Crippen molar-refractivity contribution in [1.82, 2.24) is 10.2 Å². The molecule has 0 bridgehead atoms. The Morgan fingerprint density at radius 3 is 2.50 bits per heavy atom. The van der Waals surface area contributed by atoms with Crippen LogP contribution >= 0.6 is 0 Å². The summed E-state index contributed by atoms with van der Waals surface area (Å²) in [5.74, 6) is -0.851. The Hall–Kier alpha value is -1.30. The van der Waals surface area contributed by atoms with Crippen molar-refractivity contribution in [1.29, 1.82) is 0 Å². The van der Waals surface area contributed by atoms with Gasteiger partial charge in [-0.3, -0.25) is 4.79 Å². The maximum Gasteiger partial charge on any atom is 0.317 e. The van der Waals surface area contributed by atoms with E-state index in [0.29, 0.717) is 32.5 Å². The van der Waals surface area contributed by atoms with Crippen molar-refractivity contribution in [2.75, 3.05) is 26.2 Å². The molecule has 0 aromatic rings. The summed E-state index contributed by atoms with van der Waals surface area (Å²) in [5, 5.41) is 12.1. The predicted molar refractivity (Wildman–Crippen MR) is 75.7 cm³/mol. The van der Waals surface area contributed by atoms with Gasteiger partial charge in [0.25, 0.3) is 0 Å². The molecule has 1 aliphatic heterocycles. The molecule has 1 rings (SSSR count). The predicted octanol–water partition coefficient (Wildman–Crippen LogP) is 1.70. The van der Waals surface area contributed by atoms with Crippen molar-refractivity contribution in [2.45, 2.75) is 46.1 Å². The number of nitrogens with zero attached hydrogens (tertiary/aromatic N) is 1. The molecule has 0 radical (unpaired) electrons. The molecule has 0 aromatic carbocycles. The molecule has 1 atom stereocenters. The minimum atomic E-state index is -0.869. The monoisotopic (exact) mass is 286 g/mol. The smallest absolute Gasteiger partial charge is 0.317 e. The first-order chi connectivity index (χ1) is 9.49. The fourth-order valence-electron chi connectivity index (χ4n) is 2.39. The van der Waals surface area contributed by atoms with Gasteiger partial charge in [-0.05, 0) is 19.3 Å². The van der Waals surface area contributed by atoms with Crippen molar-refractivity contribution < 1.29 is 19.4 Å². The summed E-state index contributed by atoms with van der Waals surface area (Å²) in [6, 6.07) is -0.195. The van der Waals surface area contributed by atoms with Gasteiger partial charge in [-0.15, -0.1) is 0 Å². The molecular formula is C14H26N2O4. The molecule has 2 amide bonds. The minimum absolute atomic E-state index is 0.0797. The Bertz CT molecular complexity index is 342. The SMILES string of the molecule is CCC1CN(C(=O)NCC(CC)(CC)C(=O)O)CCO1. The number of carbonyl (C=O) groups excluding carboxylic acids is 1. The van der Waals surface area contributed by atoms with E-state index in [-0.39, 0.29) is 18.7 Å². The summed E-state index contributed by atoms with van der Waals surface area (Å²) >= 11 is 0. The van der Waals surface area contributed by atoms with Gasteiger partial charge >= 0.3 is 12.0 Å². The molecule has 20 heavy (non-hydrogen) atoms. The molecule has 1 fully saturated rings. The van der Waals surface area contributed by atoms with E-state index in [4.69, 9.17) is 4.74 Å². The number of hydrogen-bond donors (Lipinski definition) is 2. The molecule has 116 valence electrons. The van der Waals surface area contributed by atoms with Crippen molar-refractivity contribution >= 4 is 12.0 Å². The van der Waals surface area contributed by atoms with Gasteiger partial charge in [0.15, 0.2) is 0 Å². The van der Waals surface area contributed by atoms with Crippen LogP contribution in [0.15, 0.2) is 0 Å². The normalized spacial score (nSPS) is 19.8. The lowest BCUT2D eigenvalue weighted by Gasteiger charge is -2.34. The van der Waals surface area contributed by atoms with Gasteiger partial charge in [-0.1, -0.05) is 20.8 Å². The first-order valence-electron chi connectivity index (χ1n) is 7.36. The fraction of sp³-hybridized carbons (Fsp3) is 0.857. The van der Waals surface area contributed by atoms with Crippen molar-refractivity contribution in [3.8, 4) is 0 Å². The third kappa shape index (κ3) is 3.85. The largest absolute Gasteiger partial charge is 0.481 e. The molecule has 1 aliphatic rings. The van der Waals surface area contributed by atoms with Crippen LogP contribution in [-0.4, -0.2) is 54.4 Å². The van der Waals surface area contributed by atoms with E-state index >= 15 is 0 Å². The van der Waals surface area contributed by atoms with Crippen LogP contribution in [0.5, 0.6) is 0 Å². The molecule has 1 heterocycles. The van der Waals surface area contributed by atoms with Gasteiger partial charge in [0.1, 0.15) is 0 Å². The third-order valence-electron chi connectivity index (χ3n) is 4.27. The van der Waals surface area contributed by atoms with Crippen LogP contribution < -0.4 is 5.32 Å². The number of nitrogens with one attached hydrogen (secondary N) is 1.